The molecule has 2 aliphatic rings. The first-order valence-corrected chi connectivity index (χ1v) is 12.3. The number of nitrogens with zero attached hydrogens (tertiary/aromatic N) is 1. The number of carbonyl (C=O) groups excluding carboxylic acids is 1. The van der Waals surface area contributed by atoms with Crippen molar-refractivity contribution in [2.75, 3.05) is 20.3 Å². The first-order valence-electron chi connectivity index (χ1n) is 12.3. The molecule has 9 heteroatoms. The van der Waals surface area contributed by atoms with Gasteiger partial charge in [-0.1, -0.05) is 39.3 Å². The molecule has 2 N–H and O–H groups in total. The van der Waals surface area contributed by atoms with Crippen molar-refractivity contribution in [2.24, 2.45) is 10.8 Å². The summed E-state index contributed by atoms with van der Waals surface area (Å²) in [7, 11) is 1.52. The highest BCUT2D eigenvalue weighted by Gasteiger charge is 2.48. The second-order valence-corrected chi connectivity index (χ2v) is 11.4. The standard InChI is InChI=1S/C27H37F3N2O4/c1-24(2,3)13-9-18-7-8-19(15-21(18)27(28,29)30)25(4)20(10-14-36-5)16-32(23(35)31-25)17-26(22(33)34)11-6-12-26/h7-8,15-16H,6,9-14,17H2,1-5H3,(H,31,35)(H,33,34)/t25-/m0/s1. The Hall–Kier alpha value is -2.55. The summed E-state index contributed by atoms with van der Waals surface area (Å²) in [6.07, 6.45) is 0.0476. The van der Waals surface area contributed by atoms with Gasteiger partial charge in [-0.05, 0) is 67.2 Å². The highest BCUT2D eigenvalue weighted by molar-refractivity contribution is 5.81. The van der Waals surface area contributed by atoms with Gasteiger partial charge in [-0.3, -0.25) is 9.69 Å². The molecule has 0 saturated heterocycles. The maximum Gasteiger partial charge on any atom is 0.416 e. The number of carbonyl (C=O) groups is 2. The van der Waals surface area contributed by atoms with E-state index >= 15 is 0 Å². The second-order valence-electron chi connectivity index (χ2n) is 11.4. The number of benzene rings is 1. The fourth-order valence-corrected chi connectivity index (χ4v) is 4.89. The summed E-state index contributed by atoms with van der Waals surface area (Å²) in [4.78, 5) is 26.3. The Bertz CT molecular complexity index is 1020. The number of aliphatic carboxylic acids is 1. The van der Waals surface area contributed by atoms with Crippen LogP contribution in [0.2, 0.25) is 0 Å². The minimum atomic E-state index is -4.54. The van der Waals surface area contributed by atoms with Crippen molar-refractivity contribution in [1.82, 2.24) is 10.2 Å². The van der Waals surface area contributed by atoms with Crippen LogP contribution in [-0.2, 0) is 27.7 Å². The summed E-state index contributed by atoms with van der Waals surface area (Å²) in [6.45, 7) is 7.97. The molecule has 1 saturated carbocycles. The molecule has 0 spiro atoms. The lowest BCUT2D eigenvalue weighted by Gasteiger charge is -2.45. The first kappa shape index (κ1) is 28.0. The molecule has 36 heavy (non-hydrogen) atoms. The molecule has 0 unspecified atom stereocenters. The molecule has 0 radical (unpaired) electrons. The van der Waals surface area contributed by atoms with Gasteiger partial charge < -0.3 is 15.2 Å². The quantitative estimate of drug-likeness (QED) is 0.421. The van der Waals surface area contributed by atoms with Crippen LogP contribution < -0.4 is 5.32 Å². The smallest absolute Gasteiger partial charge is 0.416 e. The predicted octanol–water partition coefficient (Wildman–Crippen LogP) is 6.10. The minimum Gasteiger partial charge on any atom is -0.481 e. The van der Waals surface area contributed by atoms with Gasteiger partial charge in [-0.15, -0.1) is 0 Å². The number of carboxylic acid groups (broad SMARTS) is 1. The SMILES string of the molecule is COCCC1=CN(CC2(C(=O)O)CCC2)C(=O)N[C@@]1(C)c1ccc(CCC(C)(C)C)c(C(F)(F)F)c1. The topological polar surface area (TPSA) is 78.9 Å². The van der Waals surface area contributed by atoms with E-state index in [-0.39, 0.29) is 17.5 Å². The molecule has 0 aromatic heterocycles. The first-order chi connectivity index (χ1) is 16.6. The number of urea groups is 1. The summed E-state index contributed by atoms with van der Waals surface area (Å²) in [5.74, 6) is -0.942. The molecule has 2 amide bonds. The highest BCUT2D eigenvalue weighted by Crippen LogP contribution is 2.44. The third-order valence-electron chi connectivity index (χ3n) is 7.52. The van der Waals surface area contributed by atoms with Gasteiger partial charge in [-0.25, -0.2) is 4.79 Å². The Morgan fingerprint density at radius 3 is 2.36 bits per heavy atom. The molecule has 1 aromatic carbocycles. The van der Waals surface area contributed by atoms with Crippen LogP contribution in [0.1, 0.15) is 76.5 Å². The molecular formula is C27H37F3N2O4. The van der Waals surface area contributed by atoms with Crippen molar-refractivity contribution in [3.05, 3.63) is 46.7 Å². The number of hydrogen-bond donors (Lipinski definition) is 2. The van der Waals surface area contributed by atoms with Gasteiger partial charge in [-0.2, -0.15) is 13.2 Å². The second kappa shape index (κ2) is 10.1. The Balaban J connectivity index is 2.02. The van der Waals surface area contributed by atoms with Crippen LogP contribution in [0.4, 0.5) is 18.0 Å². The molecule has 1 fully saturated rings. The largest absolute Gasteiger partial charge is 0.481 e. The Morgan fingerprint density at radius 2 is 1.86 bits per heavy atom. The molecule has 3 rings (SSSR count). The van der Waals surface area contributed by atoms with E-state index in [0.29, 0.717) is 49.8 Å². The van der Waals surface area contributed by atoms with E-state index in [1.807, 2.05) is 20.8 Å². The lowest BCUT2D eigenvalue weighted by atomic mass is 9.68. The van der Waals surface area contributed by atoms with Crippen LogP contribution >= 0.6 is 0 Å². The van der Waals surface area contributed by atoms with Gasteiger partial charge in [0.2, 0.25) is 0 Å². The van der Waals surface area contributed by atoms with Crippen molar-refractivity contribution in [2.45, 2.75) is 77.9 Å². The van der Waals surface area contributed by atoms with E-state index in [9.17, 15) is 27.9 Å². The van der Waals surface area contributed by atoms with Crippen LogP contribution in [0.5, 0.6) is 0 Å². The van der Waals surface area contributed by atoms with E-state index in [4.69, 9.17) is 4.74 Å². The number of carboxylic acids is 1. The summed E-state index contributed by atoms with van der Waals surface area (Å²) in [5.41, 5.74) is -1.81. The summed E-state index contributed by atoms with van der Waals surface area (Å²) < 4.78 is 47.5. The maximum absolute atomic E-state index is 14.1. The monoisotopic (exact) mass is 510 g/mol. The van der Waals surface area contributed by atoms with Crippen molar-refractivity contribution >= 4 is 12.0 Å². The number of rotatable bonds is 9. The van der Waals surface area contributed by atoms with E-state index in [2.05, 4.69) is 5.32 Å². The normalized spacial score (nSPS) is 22.1. The summed E-state index contributed by atoms with van der Waals surface area (Å²) in [5, 5.41) is 12.6. The predicted molar refractivity (Wildman–Crippen MR) is 130 cm³/mol. The zero-order chi connectivity index (χ0) is 26.9. The average Bonchev–Trinajstić information content (AvgIpc) is 2.73. The van der Waals surface area contributed by atoms with Crippen LogP contribution in [0.15, 0.2) is 30.0 Å². The number of halogens is 3. The van der Waals surface area contributed by atoms with Crippen LogP contribution in [0.3, 0.4) is 0 Å². The lowest BCUT2D eigenvalue weighted by molar-refractivity contribution is -0.155. The maximum atomic E-state index is 14.1. The Kier molecular flexibility index (Phi) is 7.84. The molecule has 1 aliphatic heterocycles. The van der Waals surface area contributed by atoms with Crippen LogP contribution in [0.25, 0.3) is 0 Å². The van der Waals surface area contributed by atoms with E-state index < -0.39 is 34.7 Å². The number of amides is 2. The molecule has 1 heterocycles. The third kappa shape index (κ3) is 5.88. The van der Waals surface area contributed by atoms with Crippen molar-refractivity contribution < 1.29 is 32.6 Å². The molecule has 1 aliphatic carbocycles. The minimum absolute atomic E-state index is 0.0142. The zero-order valence-corrected chi connectivity index (χ0v) is 21.7. The summed E-state index contributed by atoms with van der Waals surface area (Å²) in [6, 6.07) is 3.76. The number of hydrogen-bond acceptors (Lipinski definition) is 3. The van der Waals surface area contributed by atoms with Crippen molar-refractivity contribution in [3.63, 3.8) is 0 Å². The molecular weight excluding hydrogens is 473 g/mol. The highest BCUT2D eigenvalue weighted by atomic mass is 19.4. The van der Waals surface area contributed by atoms with Gasteiger partial charge >= 0.3 is 18.2 Å². The van der Waals surface area contributed by atoms with E-state index in [1.54, 1.807) is 19.2 Å². The van der Waals surface area contributed by atoms with Gasteiger partial charge in [0.25, 0.3) is 0 Å². The zero-order valence-electron chi connectivity index (χ0n) is 21.7. The fourth-order valence-electron chi connectivity index (χ4n) is 4.89. The molecule has 1 aromatic rings. The van der Waals surface area contributed by atoms with Gasteiger partial charge in [0, 0.05) is 19.9 Å². The molecule has 0 bridgehead atoms. The number of ether oxygens (including phenoxy) is 1. The van der Waals surface area contributed by atoms with Gasteiger partial charge in [0.15, 0.2) is 0 Å². The number of methoxy groups -OCH3 is 1. The van der Waals surface area contributed by atoms with Crippen LogP contribution in [0, 0.1) is 10.8 Å². The summed E-state index contributed by atoms with van der Waals surface area (Å²) >= 11 is 0. The number of alkyl halides is 3. The number of aryl methyl sites for hydroxylation is 1. The number of nitrogens with one attached hydrogen (secondary N) is 1. The van der Waals surface area contributed by atoms with Gasteiger partial charge in [0.05, 0.1) is 23.1 Å². The average molecular weight is 511 g/mol. The molecule has 200 valence electrons. The van der Waals surface area contributed by atoms with E-state index in [0.717, 1.165) is 12.5 Å². The Morgan fingerprint density at radius 1 is 1.19 bits per heavy atom. The van der Waals surface area contributed by atoms with Crippen molar-refractivity contribution in [3.8, 4) is 0 Å². The fraction of sp³-hybridized carbons (Fsp3) is 0.630. The lowest BCUT2D eigenvalue weighted by Crippen LogP contribution is -2.57. The van der Waals surface area contributed by atoms with E-state index in [1.165, 1.54) is 18.1 Å². The molecule has 1 atom stereocenters. The Labute approximate surface area is 210 Å². The molecule has 6 nitrogen and oxygen atoms in total. The van der Waals surface area contributed by atoms with Gasteiger partial charge in [0.1, 0.15) is 0 Å². The third-order valence-corrected chi connectivity index (χ3v) is 7.52. The van der Waals surface area contributed by atoms with Crippen molar-refractivity contribution in [1.29, 1.82) is 0 Å². The van der Waals surface area contributed by atoms with Crippen LogP contribution in [-0.4, -0.2) is 42.3 Å².